The Morgan fingerprint density at radius 1 is 1.30 bits per heavy atom. The van der Waals surface area contributed by atoms with E-state index in [1.54, 1.807) is 0 Å². The first-order valence-electron chi connectivity index (χ1n) is 7.59. The van der Waals surface area contributed by atoms with Gasteiger partial charge >= 0.3 is 0 Å². The first-order valence-corrected chi connectivity index (χ1v) is 7.59. The summed E-state index contributed by atoms with van der Waals surface area (Å²) in [6.45, 7) is 6.89. The van der Waals surface area contributed by atoms with Crippen LogP contribution in [0.3, 0.4) is 0 Å². The molecule has 4 heteroatoms. The van der Waals surface area contributed by atoms with Gasteiger partial charge in [0.25, 0.3) is 0 Å². The highest BCUT2D eigenvalue weighted by molar-refractivity contribution is 5.51. The highest BCUT2D eigenvalue weighted by Gasteiger charge is 2.14. The van der Waals surface area contributed by atoms with Crippen LogP contribution in [0.1, 0.15) is 18.9 Å². The molecule has 0 aromatic heterocycles. The first kappa shape index (κ1) is 15.3. The van der Waals surface area contributed by atoms with Crippen molar-refractivity contribution < 1.29 is 9.84 Å². The number of aliphatic hydroxyl groups is 1. The molecule has 0 saturated carbocycles. The van der Waals surface area contributed by atoms with Gasteiger partial charge in [-0.25, -0.2) is 0 Å². The van der Waals surface area contributed by atoms with Crippen LogP contribution >= 0.6 is 0 Å². The lowest BCUT2D eigenvalue weighted by Crippen LogP contribution is -2.42. The second-order valence-corrected chi connectivity index (χ2v) is 5.35. The number of nitrogens with zero attached hydrogens (tertiary/aromatic N) is 1. The van der Waals surface area contributed by atoms with Crippen molar-refractivity contribution in [2.45, 2.75) is 25.9 Å². The van der Waals surface area contributed by atoms with Crippen molar-refractivity contribution in [1.82, 2.24) is 4.90 Å². The monoisotopic (exact) mass is 278 g/mol. The molecule has 0 bridgehead atoms. The maximum atomic E-state index is 10.1. The number of β-amino-alcohol motifs (C(OH)–C–C–N with tert-alkyl or cyclic N) is 1. The smallest absolute Gasteiger partial charge is 0.0839 e. The van der Waals surface area contributed by atoms with Gasteiger partial charge in [-0.15, -0.1) is 0 Å². The quantitative estimate of drug-likeness (QED) is 0.797. The average Bonchev–Trinajstić information content (AvgIpc) is 2.48. The van der Waals surface area contributed by atoms with E-state index in [0.29, 0.717) is 13.1 Å². The molecule has 1 fully saturated rings. The number of hydrogen-bond donors (Lipinski definition) is 2. The van der Waals surface area contributed by atoms with Crippen molar-refractivity contribution in [1.29, 1.82) is 0 Å². The molecule has 1 unspecified atom stereocenters. The molecule has 1 atom stereocenters. The maximum Gasteiger partial charge on any atom is 0.0839 e. The van der Waals surface area contributed by atoms with Crippen molar-refractivity contribution in [3.05, 3.63) is 29.8 Å². The minimum atomic E-state index is -0.345. The van der Waals surface area contributed by atoms with Crippen LogP contribution in [0.2, 0.25) is 0 Å². The van der Waals surface area contributed by atoms with E-state index in [1.807, 2.05) is 6.07 Å². The van der Waals surface area contributed by atoms with Crippen LogP contribution in [-0.4, -0.2) is 55.5 Å². The van der Waals surface area contributed by atoms with Gasteiger partial charge in [0.1, 0.15) is 0 Å². The van der Waals surface area contributed by atoms with Gasteiger partial charge in [-0.05, 0) is 18.1 Å². The van der Waals surface area contributed by atoms with Gasteiger partial charge in [0.15, 0.2) is 0 Å². The zero-order chi connectivity index (χ0) is 14.2. The number of benzene rings is 1. The van der Waals surface area contributed by atoms with Crippen LogP contribution in [0, 0.1) is 0 Å². The number of nitrogens with one attached hydrogen (secondary N) is 1. The molecule has 20 heavy (non-hydrogen) atoms. The fraction of sp³-hybridized carbons (Fsp3) is 0.625. The van der Waals surface area contributed by atoms with Crippen LogP contribution in [-0.2, 0) is 11.2 Å². The van der Waals surface area contributed by atoms with Gasteiger partial charge in [0.05, 0.1) is 19.3 Å². The topological polar surface area (TPSA) is 44.7 Å². The number of rotatable bonds is 7. The Hall–Kier alpha value is -1.10. The second-order valence-electron chi connectivity index (χ2n) is 5.35. The summed E-state index contributed by atoms with van der Waals surface area (Å²) in [6.07, 6.45) is 1.86. The van der Waals surface area contributed by atoms with Gasteiger partial charge in [0.2, 0.25) is 0 Å². The highest BCUT2D eigenvalue weighted by atomic mass is 16.5. The Labute approximate surface area is 121 Å². The summed E-state index contributed by atoms with van der Waals surface area (Å²) in [5.41, 5.74) is 2.48. The Morgan fingerprint density at radius 3 is 2.80 bits per heavy atom. The molecule has 1 aromatic rings. The summed E-state index contributed by atoms with van der Waals surface area (Å²) in [5, 5.41) is 13.5. The van der Waals surface area contributed by atoms with Crippen molar-refractivity contribution in [3.63, 3.8) is 0 Å². The SMILES string of the molecule is CCCc1ccccc1NCC(O)CN1CCOCC1. The van der Waals surface area contributed by atoms with Gasteiger partial charge in [-0.3, -0.25) is 4.90 Å². The molecule has 1 saturated heterocycles. The van der Waals surface area contributed by atoms with Crippen LogP contribution < -0.4 is 5.32 Å². The maximum absolute atomic E-state index is 10.1. The zero-order valence-electron chi connectivity index (χ0n) is 12.3. The molecule has 2 rings (SSSR count). The number of ether oxygens (including phenoxy) is 1. The van der Waals surface area contributed by atoms with E-state index in [1.165, 1.54) is 5.56 Å². The molecule has 4 nitrogen and oxygen atoms in total. The van der Waals surface area contributed by atoms with Crippen molar-refractivity contribution in [3.8, 4) is 0 Å². The molecular weight excluding hydrogens is 252 g/mol. The summed E-state index contributed by atoms with van der Waals surface area (Å²) in [5.74, 6) is 0. The Morgan fingerprint density at radius 2 is 2.05 bits per heavy atom. The molecule has 1 aromatic carbocycles. The lowest BCUT2D eigenvalue weighted by Gasteiger charge is -2.28. The van der Waals surface area contributed by atoms with E-state index in [2.05, 4.69) is 35.3 Å². The van der Waals surface area contributed by atoms with Crippen molar-refractivity contribution >= 4 is 5.69 Å². The molecule has 112 valence electrons. The van der Waals surface area contributed by atoms with E-state index in [-0.39, 0.29) is 6.10 Å². The number of anilines is 1. The fourth-order valence-electron chi connectivity index (χ4n) is 2.55. The molecular formula is C16H26N2O2. The van der Waals surface area contributed by atoms with Crippen LogP contribution in [0.15, 0.2) is 24.3 Å². The number of hydrogen-bond acceptors (Lipinski definition) is 4. The van der Waals surface area contributed by atoms with E-state index in [4.69, 9.17) is 4.74 Å². The molecule has 0 radical (unpaired) electrons. The first-order chi connectivity index (χ1) is 9.79. The number of aryl methyl sites for hydroxylation is 1. The molecule has 1 aliphatic rings. The third kappa shape index (κ3) is 4.78. The van der Waals surface area contributed by atoms with Gasteiger partial charge < -0.3 is 15.2 Å². The third-order valence-corrected chi connectivity index (χ3v) is 3.64. The summed E-state index contributed by atoms with van der Waals surface area (Å²) in [4.78, 5) is 2.26. The van der Waals surface area contributed by atoms with E-state index >= 15 is 0 Å². The predicted octanol–water partition coefficient (Wildman–Crippen LogP) is 1.74. The van der Waals surface area contributed by atoms with Crippen LogP contribution in [0.5, 0.6) is 0 Å². The minimum absolute atomic E-state index is 0.345. The normalized spacial score (nSPS) is 17.9. The van der Waals surface area contributed by atoms with Crippen LogP contribution in [0.4, 0.5) is 5.69 Å². The van der Waals surface area contributed by atoms with E-state index < -0.39 is 0 Å². The predicted molar refractivity (Wildman–Crippen MR) is 82.2 cm³/mol. The summed E-state index contributed by atoms with van der Waals surface area (Å²) < 4.78 is 5.31. The number of para-hydroxylation sites is 1. The molecule has 1 aliphatic heterocycles. The van der Waals surface area contributed by atoms with Crippen molar-refractivity contribution in [2.24, 2.45) is 0 Å². The number of aliphatic hydroxyl groups excluding tert-OH is 1. The summed E-state index contributed by atoms with van der Waals surface area (Å²) in [6, 6.07) is 8.35. The largest absolute Gasteiger partial charge is 0.390 e. The minimum Gasteiger partial charge on any atom is -0.390 e. The lowest BCUT2D eigenvalue weighted by atomic mass is 10.1. The van der Waals surface area contributed by atoms with E-state index in [9.17, 15) is 5.11 Å². The lowest BCUT2D eigenvalue weighted by molar-refractivity contribution is 0.0171. The average molecular weight is 278 g/mol. The van der Waals surface area contributed by atoms with Gasteiger partial charge in [-0.1, -0.05) is 31.5 Å². The summed E-state index contributed by atoms with van der Waals surface area (Å²) >= 11 is 0. The second kappa shape index (κ2) is 8.25. The number of morpholine rings is 1. The van der Waals surface area contributed by atoms with Gasteiger partial charge in [0, 0.05) is 31.9 Å². The molecule has 0 spiro atoms. The Kier molecular flexibility index (Phi) is 6.30. The zero-order valence-corrected chi connectivity index (χ0v) is 12.3. The Bertz CT molecular complexity index is 392. The highest BCUT2D eigenvalue weighted by Crippen LogP contribution is 2.16. The molecule has 1 heterocycles. The molecule has 2 N–H and O–H groups in total. The van der Waals surface area contributed by atoms with Crippen molar-refractivity contribution in [2.75, 3.05) is 44.7 Å². The van der Waals surface area contributed by atoms with Gasteiger partial charge in [-0.2, -0.15) is 0 Å². The Balaban J connectivity index is 1.78. The molecule has 0 amide bonds. The third-order valence-electron chi connectivity index (χ3n) is 3.64. The summed E-state index contributed by atoms with van der Waals surface area (Å²) in [7, 11) is 0. The molecule has 0 aliphatic carbocycles. The van der Waals surface area contributed by atoms with E-state index in [0.717, 1.165) is 44.8 Å². The fourth-order valence-corrected chi connectivity index (χ4v) is 2.55. The van der Waals surface area contributed by atoms with Crippen LogP contribution in [0.25, 0.3) is 0 Å². The standard InChI is InChI=1S/C16H26N2O2/c1-2-5-14-6-3-4-7-16(14)17-12-15(19)13-18-8-10-20-11-9-18/h3-4,6-7,15,17,19H,2,5,8-13H2,1H3.